The minimum Gasteiger partial charge on any atom is -0.325 e. The summed E-state index contributed by atoms with van der Waals surface area (Å²) >= 11 is 0. The highest BCUT2D eigenvalue weighted by Gasteiger charge is 2.18. The summed E-state index contributed by atoms with van der Waals surface area (Å²) in [5.41, 5.74) is 3.12. The lowest BCUT2D eigenvalue weighted by Gasteiger charge is -2.15. The van der Waals surface area contributed by atoms with E-state index in [1.807, 2.05) is 24.3 Å². The van der Waals surface area contributed by atoms with Gasteiger partial charge in [0.2, 0.25) is 5.91 Å². The quantitative estimate of drug-likeness (QED) is 0.642. The fourth-order valence-electron chi connectivity index (χ4n) is 2.87. The first kappa shape index (κ1) is 18.5. The van der Waals surface area contributed by atoms with Crippen LogP contribution < -0.4 is 5.32 Å². The summed E-state index contributed by atoms with van der Waals surface area (Å²) in [6.45, 7) is 3.52. The molecule has 0 aliphatic rings. The van der Waals surface area contributed by atoms with Gasteiger partial charge in [0, 0.05) is 16.8 Å². The summed E-state index contributed by atoms with van der Waals surface area (Å²) in [6, 6.07) is 20.3. The second-order valence-electron chi connectivity index (χ2n) is 6.49. The van der Waals surface area contributed by atoms with Gasteiger partial charge in [-0.2, -0.15) is 0 Å². The Labute approximate surface area is 157 Å². The van der Waals surface area contributed by atoms with Gasteiger partial charge in [-0.25, -0.2) is 4.39 Å². The van der Waals surface area contributed by atoms with Crippen molar-refractivity contribution in [1.29, 1.82) is 0 Å². The Kier molecular flexibility index (Phi) is 5.46. The number of hydrogen-bond acceptors (Lipinski definition) is 2. The summed E-state index contributed by atoms with van der Waals surface area (Å²) in [5, 5.41) is 2.83. The average Bonchev–Trinajstić information content (AvgIpc) is 2.69. The van der Waals surface area contributed by atoms with Gasteiger partial charge in [0.05, 0.1) is 5.92 Å². The zero-order valence-electron chi connectivity index (χ0n) is 15.2. The highest BCUT2D eigenvalue weighted by molar-refractivity contribution is 6.09. The molecular weight excluding hydrogens is 341 g/mol. The second-order valence-corrected chi connectivity index (χ2v) is 6.49. The van der Waals surface area contributed by atoms with Crippen molar-refractivity contribution in [2.45, 2.75) is 19.8 Å². The fourth-order valence-corrected chi connectivity index (χ4v) is 2.87. The summed E-state index contributed by atoms with van der Waals surface area (Å²) in [5.74, 6) is -1.10. The summed E-state index contributed by atoms with van der Waals surface area (Å²) in [6.07, 6.45) is 0. The van der Waals surface area contributed by atoms with Gasteiger partial charge in [-0.3, -0.25) is 9.59 Å². The van der Waals surface area contributed by atoms with E-state index in [0.29, 0.717) is 22.4 Å². The molecule has 0 unspecified atom stereocenters. The van der Waals surface area contributed by atoms with Gasteiger partial charge in [-0.15, -0.1) is 0 Å². The molecule has 3 aromatic carbocycles. The van der Waals surface area contributed by atoms with Crippen LogP contribution in [0.5, 0.6) is 0 Å². The number of carbonyl (C=O) groups excluding carboxylic acids is 2. The number of carbonyl (C=O) groups is 2. The van der Waals surface area contributed by atoms with Crippen LogP contribution in [0.25, 0.3) is 0 Å². The Morgan fingerprint density at radius 3 is 2.30 bits per heavy atom. The van der Waals surface area contributed by atoms with Crippen LogP contribution in [-0.2, 0) is 4.79 Å². The minimum absolute atomic E-state index is 0.0839. The second kappa shape index (κ2) is 7.96. The molecule has 0 fully saturated rings. The van der Waals surface area contributed by atoms with Gasteiger partial charge < -0.3 is 5.32 Å². The zero-order valence-corrected chi connectivity index (χ0v) is 15.2. The van der Waals surface area contributed by atoms with Crippen molar-refractivity contribution in [3.63, 3.8) is 0 Å². The predicted molar refractivity (Wildman–Crippen MR) is 104 cm³/mol. The van der Waals surface area contributed by atoms with Gasteiger partial charge in [-0.1, -0.05) is 48.5 Å². The van der Waals surface area contributed by atoms with E-state index in [4.69, 9.17) is 0 Å². The molecular formula is C23H20FNO2. The Balaban J connectivity index is 1.79. The standard InChI is InChI=1S/C23H20FNO2/c1-15-13-20(24)11-12-21(15)25-23(27)16(2)18-9-6-10-19(14-18)22(26)17-7-4-3-5-8-17/h3-14,16H,1-2H3,(H,25,27)/t16-/m0/s1. The van der Waals surface area contributed by atoms with Crippen LogP contribution >= 0.6 is 0 Å². The van der Waals surface area contributed by atoms with Crippen LogP contribution in [0.1, 0.15) is 39.9 Å². The molecule has 0 radical (unpaired) electrons. The Morgan fingerprint density at radius 2 is 1.59 bits per heavy atom. The molecule has 0 spiro atoms. The van der Waals surface area contributed by atoms with Crippen molar-refractivity contribution >= 4 is 17.4 Å². The number of nitrogens with one attached hydrogen (secondary N) is 1. The van der Waals surface area contributed by atoms with E-state index in [0.717, 1.165) is 5.56 Å². The molecule has 0 saturated heterocycles. The van der Waals surface area contributed by atoms with Crippen LogP contribution in [0.4, 0.5) is 10.1 Å². The fraction of sp³-hybridized carbons (Fsp3) is 0.130. The molecule has 0 aliphatic carbocycles. The number of hydrogen-bond donors (Lipinski definition) is 1. The van der Waals surface area contributed by atoms with Crippen LogP contribution in [0.15, 0.2) is 72.8 Å². The van der Waals surface area contributed by atoms with Gasteiger partial charge in [0.1, 0.15) is 5.82 Å². The molecule has 0 heterocycles. The third kappa shape index (κ3) is 4.29. The lowest BCUT2D eigenvalue weighted by molar-refractivity contribution is -0.117. The SMILES string of the molecule is Cc1cc(F)ccc1NC(=O)[C@@H](C)c1cccc(C(=O)c2ccccc2)c1. The van der Waals surface area contributed by atoms with Crippen molar-refractivity contribution < 1.29 is 14.0 Å². The van der Waals surface area contributed by atoms with E-state index >= 15 is 0 Å². The summed E-state index contributed by atoms with van der Waals surface area (Å²) < 4.78 is 13.2. The molecule has 1 amide bonds. The first-order valence-electron chi connectivity index (χ1n) is 8.72. The molecule has 3 nitrogen and oxygen atoms in total. The molecule has 0 aliphatic heterocycles. The Bertz CT molecular complexity index is 983. The van der Waals surface area contributed by atoms with Crippen LogP contribution in [0.2, 0.25) is 0 Å². The largest absolute Gasteiger partial charge is 0.325 e. The molecule has 1 atom stereocenters. The third-order valence-electron chi connectivity index (χ3n) is 4.52. The number of halogens is 1. The zero-order chi connectivity index (χ0) is 19.4. The number of rotatable bonds is 5. The molecule has 0 bridgehead atoms. The van der Waals surface area contributed by atoms with E-state index in [1.165, 1.54) is 12.1 Å². The number of amides is 1. The molecule has 3 rings (SSSR count). The van der Waals surface area contributed by atoms with E-state index < -0.39 is 5.92 Å². The smallest absolute Gasteiger partial charge is 0.231 e. The number of anilines is 1. The van der Waals surface area contributed by atoms with Crippen molar-refractivity contribution in [1.82, 2.24) is 0 Å². The molecule has 4 heteroatoms. The topological polar surface area (TPSA) is 46.2 Å². The van der Waals surface area contributed by atoms with Crippen LogP contribution in [-0.4, -0.2) is 11.7 Å². The van der Waals surface area contributed by atoms with Gasteiger partial charge in [-0.05, 0) is 49.2 Å². The first-order valence-corrected chi connectivity index (χ1v) is 8.72. The van der Waals surface area contributed by atoms with Crippen molar-refractivity contribution in [2.24, 2.45) is 0 Å². The van der Waals surface area contributed by atoms with E-state index in [1.54, 1.807) is 50.2 Å². The first-order chi connectivity index (χ1) is 13.0. The lowest BCUT2D eigenvalue weighted by Crippen LogP contribution is -2.19. The molecule has 1 N–H and O–H groups in total. The third-order valence-corrected chi connectivity index (χ3v) is 4.52. The number of aryl methyl sites for hydroxylation is 1. The minimum atomic E-state index is -0.460. The van der Waals surface area contributed by atoms with Crippen molar-refractivity contribution in [3.05, 3.63) is 101 Å². The molecule has 27 heavy (non-hydrogen) atoms. The highest BCUT2D eigenvalue weighted by atomic mass is 19.1. The van der Waals surface area contributed by atoms with Gasteiger partial charge in [0.25, 0.3) is 0 Å². The molecule has 0 aromatic heterocycles. The van der Waals surface area contributed by atoms with Gasteiger partial charge >= 0.3 is 0 Å². The summed E-state index contributed by atoms with van der Waals surface area (Å²) in [4.78, 5) is 25.2. The lowest BCUT2D eigenvalue weighted by atomic mass is 9.95. The van der Waals surface area contributed by atoms with Crippen molar-refractivity contribution in [2.75, 3.05) is 5.32 Å². The maximum absolute atomic E-state index is 13.2. The monoisotopic (exact) mass is 361 g/mol. The Hall–Kier alpha value is -3.27. The van der Waals surface area contributed by atoms with Gasteiger partial charge in [0.15, 0.2) is 5.78 Å². The van der Waals surface area contributed by atoms with Crippen molar-refractivity contribution in [3.8, 4) is 0 Å². The van der Waals surface area contributed by atoms with E-state index in [2.05, 4.69) is 5.32 Å². The number of benzene rings is 3. The average molecular weight is 361 g/mol. The number of ketones is 1. The molecule has 136 valence electrons. The molecule has 3 aromatic rings. The highest BCUT2D eigenvalue weighted by Crippen LogP contribution is 2.22. The molecule has 0 saturated carbocycles. The van der Waals surface area contributed by atoms with Crippen LogP contribution in [0.3, 0.4) is 0 Å². The van der Waals surface area contributed by atoms with E-state index in [-0.39, 0.29) is 17.5 Å². The maximum Gasteiger partial charge on any atom is 0.231 e. The normalized spacial score (nSPS) is 11.7. The maximum atomic E-state index is 13.2. The van der Waals surface area contributed by atoms with Crippen LogP contribution in [0, 0.1) is 12.7 Å². The Morgan fingerprint density at radius 1 is 0.889 bits per heavy atom. The predicted octanol–water partition coefficient (Wildman–Crippen LogP) is 5.11. The summed E-state index contributed by atoms with van der Waals surface area (Å²) in [7, 11) is 0. The van der Waals surface area contributed by atoms with E-state index in [9.17, 15) is 14.0 Å².